The van der Waals surface area contributed by atoms with Crippen LogP contribution in [0.2, 0.25) is 0 Å². The van der Waals surface area contributed by atoms with E-state index in [0.717, 1.165) is 11.4 Å². The zero-order valence-electron chi connectivity index (χ0n) is 13.3. The summed E-state index contributed by atoms with van der Waals surface area (Å²) in [7, 11) is 0. The van der Waals surface area contributed by atoms with Crippen LogP contribution < -0.4 is 10.2 Å². The van der Waals surface area contributed by atoms with E-state index in [4.69, 9.17) is 0 Å². The molecule has 0 fully saturated rings. The minimum absolute atomic E-state index is 0.0528. The SMILES string of the molecule is CC(C)C1Nc2ccccc2N(CC(=O)c2ccccc2)C1=O. The molecule has 0 radical (unpaired) electrons. The molecular formula is C19H20N2O2. The molecule has 0 spiro atoms. The van der Waals surface area contributed by atoms with Crippen molar-refractivity contribution in [3.63, 3.8) is 0 Å². The average Bonchev–Trinajstić information content (AvgIpc) is 2.57. The highest BCUT2D eigenvalue weighted by atomic mass is 16.2. The molecule has 1 amide bonds. The lowest BCUT2D eigenvalue weighted by molar-refractivity contribution is -0.120. The van der Waals surface area contributed by atoms with E-state index in [9.17, 15) is 9.59 Å². The molecular weight excluding hydrogens is 288 g/mol. The summed E-state index contributed by atoms with van der Waals surface area (Å²) in [6.45, 7) is 4.06. The molecule has 1 heterocycles. The first-order valence-corrected chi connectivity index (χ1v) is 7.83. The van der Waals surface area contributed by atoms with Crippen molar-refractivity contribution in [3.05, 3.63) is 60.2 Å². The third-order valence-electron chi connectivity index (χ3n) is 4.10. The molecule has 23 heavy (non-hydrogen) atoms. The molecule has 1 atom stereocenters. The van der Waals surface area contributed by atoms with Gasteiger partial charge in [-0.2, -0.15) is 0 Å². The first-order valence-electron chi connectivity index (χ1n) is 7.83. The largest absolute Gasteiger partial charge is 0.372 e. The van der Waals surface area contributed by atoms with Crippen LogP contribution in [0.4, 0.5) is 11.4 Å². The Kier molecular flexibility index (Phi) is 4.15. The lowest BCUT2D eigenvalue weighted by atomic mass is 9.98. The van der Waals surface area contributed by atoms with Gasteiger partial charge in [0.05, 0.1) is 17.9 Å². The van der Waals surface area contributed by atoms with Crippen molar-refractivity contribution in [3.8, 4) is 0 Å². The highest BCUT2D eigenvalue weighted by molar-refractivity contribution is 6.11. The Morgan fingerprint density at radius 3 is 2.43 bits per heavy atom. The number of nitrogens with one attached hydrogen (secondary N) is 1. The van der Waals surface area contributed by atoms with Crippen LogP contribution in [0.15, 0.2) is 54.6 Å². The fourth-order valence-electron chi connectivity index (χ4n) is 2.82. The molecule has 3 rings (SSSR count). The molecule has 0 aromatic heterocycles. The topological polar surface area (TPSA) is 49.4 Å². The van der Waals surface area contributed by atoms with Crippen LogP contribution in [0.25, 0.3) is 0 Å². The van der Waals surface area contributed by atoms with E-state index in [1.165, 1.54) is 0 Å². The van der Waals surface area contributed by atoms with Gasteiger partial charge in [0.1, 0.15) is 6.04 Å². The standard InChI is InChI=1S/C19H20N2O2/c1-13(2)18-19(23)21(16-11-7-6-10-15(16)20-18)12-17(22)14-8-4-3-5-9-14/h3-11,13,18,20H,12H2,1-2H3. The van der Waals surface area contributed by atoms with Gasteiger partial charge in [-0.25, -0.2) is 0 Å². The van der Waals surface area contributed by atoms with E-state index in [1.54, 1.807) is 17.0 Å². The van der Waals surface area contributed by atoms with Gasteiger partial charge in [-0.3, -0.25) is 9.59 Å². The molecule has 4 nitrogen and oxygen atoms in total. The zero-order valence-corrected chi connectivity index (χ0v) is 13.3. The normalized spacial score (nSPS) is 16.9. The number of hydrogen-bond acceptors (Lipinski definition) is 3. The fraction of sp³-hybridized carbons (Fsp3) is 0.263. The molecule has 2 aromatic rings. The quantitative estimate of drug-likeness (QED) is 0.881. The highest BCUT2D eigenvalue weighted by Crippen LogP contribution is 2.33. The number of hydrogen-bond donors (Lipinski definition) is 1. The second kappa shape index (κ2) is 6.24. The molecule has 0 saturated heterocycles. The van der Waals surface area contributed by atoms with E-state index in [-0.39, 0.29) is 30.2 Å². The van der Waals surface area contributed by atoms with Gasteiger partial charge >= 0.3 is 0 Å². The van der Waals surface area contributed by atoms with Crippen LogP contribution in [0.5, 0.6) is 0 Å². The number of amides is 1. The molecule has 0 bridgehead atoms. The predicted molar refractivity (Wildman–Crippen MR) is 91.8 cm³/mol. The Hall–Kier alpha value is -2.62. The Morgan fingerprint density at radius 1 is 1.09 bits per heavy atom. The number of ketones is 1. The summed E-state index contributed by atoms with van der Waals surface area (Å²) in [6, 6.07) is 16.4. The number of fused-ring (bicyclic) bond motifs is 1. The number of carbonyl (C=O) groups is 2. The number of benzene rings is 2. The summed E-state index contributed by atoms with van der Waals surface area (Å²) in [5.74, 6) is 0.0336. The van der Waals surface area contributed by atoms with Crippen molar-refractivity contribution in [1.82, 2.24) is 0 Å². The van der Waals surface area contributed by atoms with Gasteiger partial charge in [0.25, 0.3) is 0 Å². The third kappa shape index (κ3) is 2.97. The van der Waals surface area contributed by atoms with E-state index in [2.05, 4.69) is 5.32 Å². The molecule has 1 unspecified atom stereocenters. The fourth-order valence-corrected chi connectivity index (χ4v) is 2.82. The van der Waals surface area contributed by atoms with Crippen LogP contribution in [-0.2, 0) is 4.79 Å². The minimum atomic E-state index is -0.312. The van der Waals surface area contributed by atoms with Gasteiger partial charge in [0.2, 0.25) is 5.91 Å². The lowest BCUT2D eigenvalue weighted by Crippen LogP contribution is -2.51. The van der Waals surface area contributed by atoms with Crippen LogP contribution in [0.1, 0.15) is 24.2 Å². The minimum Gasteiger partial charge on any atom is -0.372 e. The molecule has 0 aliphatic carbocycles. The number of rotatable bonds is 4. The van der Waals surface area contributed by atoms with E-state index >= 15 is 0 Å². The maximum atomic E-state index is 12.8. The Morgan fingerprint density at radius 2 is 1.74 bits per heavy atom. The maximum Gasteiger partial charge on any atom is 0.250 e. The Bertz CT molecular complexity index is 725. The molecule has 1 aliphatic heterocycles. The van der Waals surface area contributed by atoms with Gasteiger partial charge in [0.15, 0.2) is 5.78 Å². The van der Waals surface area contributed by atoms with Crippen molar-refractivity contribution in [2.24, 2.45) is 5.92 Å². The first-order chi connectivity index (χ1) is 11.1. The predicted octanol–water partition coefficient (Wildman–Crippen LogP) is 3.35. The Labute approximate surface area is 136 Å². The second-order valence-corrected chi connectivity index (χ2v) is 6.10. The summed E-state index contributed by atoms with van der Waals surface area (Å²) in [5, 5.41) is 3.29. The highest BCUT2D eigenvalue weighted by Gasteiger charge is 2.35. The lowest BCUT2D eigenvalue weighted by Gasteiger charge is -2.36. The van der Waals surface area contributed by atoms with Crippen molar-refractivity contribution in [2.75, 3.05) is 16.8 Å². The van der Waals surface area contributed by atoms with Gasteiger partial charge in [0, 0.05) is 5.56 Å². The third-order valence-corrected chi connectivity index (χ3v) is 4.10. The van der Waals surface area contributed by atoms with Crippen molar-refractivity contribution in [2.45, 2.75) is 19.9 Å². The van der Waals surface area contributed by atoms with Crippen molar-refractivity contribution < 1.29 is 9.59 Å². The first kappa shape index (κ1) is 15.3. The van der Waals surface area contributed by atoms with Crippen molar-refractivity contribution >= 4 is 23.1 Å². The average molecular weight is 308 g/mol. The molecule has 4 heteroatoms. The summed E-state index contributed by atoms with van der Waals surface area (Å²) in [5.41, 5.74) is 2.28. The maximum absolute atomic E-state index is 12.8. The summed E-state index contributed by atoms with van der Waals surface area (Å²) >= 11 is 0. The molecule has 1 N–H and O–H groups in total. The number of carbonyl (C=O) groups excluding carboxylic acids is 2. The molecule has 0 saturated carbocycles. The van der Waals surface area contributed by atoms with E-state index in [0.29, 0.717) is 5.56 Å². The van der Waals surface area contributed by atoms with Crippen LogP contribution in [-0.4, -0.2) is 24.3 Å². The van der Waals surface area contributed by atoms with Gasteiger partial charge < -0.3 is 10.2 Å². The van der Waals surface area contributed by atoms with E-state index in [1.807, 2.05) is 56.3 Å². The smallest absolute Gasteiger partial charge is 0.250 e. The van der Waals surface area contributed by atoms with Gasteiger partial charge in [-0.15, -0.1) is 0 Å². The molecule has 118 valence electrons. The monoisotopic (exact) mass is 308 g/mol. The molecule has 1 aliphatic rings. The van der Waals surface area contributed by atoms with Crippen molar-refractivity contribution in [1.29, 1.82) is 0 Å². The van der Waals surface area contributed by atoms with Gasteiger partial charge in [-0.1, -0.05) is 56.3 Å². The van der Waals surface area contributed by atoms with Gasteiger partial charge in [-0.05, 0) is 18.1 Å². The van der Waals surface area contributed by atoms with Crippen LogP contribution in [0, 0.1) is 5.92 Å². The number of Topliss-reactive ketones (excluding diaryl/α,β-unsaturated/α-hetero) is 1. The van der Waals surface area contributed by atoms with Crippen LogP contribution in [0.3, 0.4) is 0 Å². The summed E-state index contributed by atoms with van der Waals surface area (Å²) in [4.78, 5) is 26.9. The van der Waals surface area contributed by atoms with E-state index < -0.39 is 0 Å². The molecule has 2 aromatic carbocycles. The zero-order chi connectivity index (χ0) is 16.4. The summed E-state index contributed by atoms with van der Waals surface area (Å²) in [6.07, 6.45) is 0. The second-order valence-electron chi connectivity index (χ2n) is 6.10. The number of nitrogens with zero attached hydrogens (tertiary/aromatic N) is 1. The number of para-hydroxylation sites is 2. The Balaban J connectivity index is 1.93. The summed E-state index contributed by atoms with van der Waals surface area (Å²) < 4.78 is 0. The number of anilines is 2. The van der Waals surface area contributed by atoms with Crippen LogP contribution >= 0.6 is 0 Å².